The lowest BCUT2D eigenvalue weighted by atomic mass is 10.00. The largest absolute Gasteiger partial charge is 0.573 e. The molecule has 12 heteroatoms. The maximum Gasteiger partial charge on any atom is 0.573 e. The number of fused-ring (bicyclic) bond motifs is 1. The van der Waals surface area contributed by atoms with Crippen LogP contribution in [0.1, 0.15) is 22.0 Å². The van der Waals surface area contributed by atoms with Crippen molar-refractivity contribution in [1.29, 1.82) is 0 Å². The lowest BCUT2D eigenvalue weighted by Gasteiger charge is -2.24. The van der Waals surface area contributed by atoms with Gasteiger partial charge in [0.25, 0.3) is 11.8 Å². The number of benzene rings is 3. The number of nitrogens with one attached hydrogen (secondary N) is 3. The first-order valence-corrected chi connectivity index (χ1v) is 10.5. The Hall–Kier alpha value is -4.58. The molecule has 2 unspecified atom stereocenters. The van der Waals surface area contributed by atoms with E-state index in [1.807, 2.05) is 0 Å². The molecule has 186 valence electrons. The number of aliphatic hydroxyl groups is 1. The molecule has 0 saturated carbocycles. The quantitative estimate of drug-likeness (QED) is 0.263. The highest BCUT2D eigenvalue weighted by atomic mass is 19.4. The summed E-state index contributed by atoms with van der Waals surface area (Å²) in [5, 5.41) is 16.0. The first-order valence-electron chi connectivity index (χ1n) is 10.5. The second kappa shape index (κ2) is 9.96. The van der Waals surface area contributed by atoms with Gasteiger partial charge in [-0.15, -0.1) is 13.2 Å². The number of carbonyl (C=O) groups excluding carboxylic acids is 2. The Balaban J connectivity index is 1.52. The Bertz CT molecular complexity index is 1370. The van der Waals surface area contributed by atoms with E-state index in [1.165, 1.54) is 0 Å². The number of nitrogens with two attached hydrogens (primary N) is 1. The topological polar surface area (TPSA) is 142 Å². The van der Waals surface area contributed by atoms with Gasteiger partial charge in [0.05, 0.1) is 17.1 Å². The van der Waals surface area contributed by atoms with Gasteiger partial charge in [0, 0.05) is 11.3 Å². The van der Waals surface area contributed by atoms with Crippen molar-refractivity contribution in [2.45, 2.75) is 18.5 Å². The molecule has 1 heterocycles. The molecule has 0 fully saturated rings. The summed E-state index contributed by atoms with van der Waals surface area (Å²) in [6.07, 6.45) is -6.58. The van der Waals surface area contributed by atoms with E-state index in [0.29, 0.717) is 22.3 Å². The van der Waals surface area contributed by atoms with Crippen molar-refractivity contribution in [1.82, 2.24) is 15.3 Å². The molecular weight excluding hydrogens is 479 g/mol. The van der Waals surface area contributed by atoms with Gasteiger partial charge in [-0.3, -0.25) is 9.59 Å². The van der Waals surface area contributed by atoms with Crippen LogP contribution in [0.15, 0.2) is 72.8 Å². The first kappa shape index (κ1) is 24.5. The molecule has 0 spiro atoms. The number of aromatic amines is 1. The number of hydrogen-bond donors (Lipinski definition) is 5. The fourth-order valence-corrected chi connectivity index (χ4v) is 3.51. The zero-order valence-corrected chi connectivity index (χ0v) is 18.4. The number of amides is 2. The van der Waals surface area contributed by atoms with Crippen molar-refractivity contribution in [3.05, 3.63) is 83.9 Å². The molecule has 4 aromatic rings. The van der Waals surface area contributed by atoms with Gasteiger partial charge in [0.2, 0.25) is 0 Å². The van der Waals surface area contributed by atoms with Crippen LogP contribution in [0.3, 0.4) is 0 Å². The number of aliphatic hydroxyl groups excluding tert-OH is 1. The Morgan fingerprint density at radius 2 is 1.72 bits per heavy atom. The van der Waals surface area contributed by atoms with E-state index in [2.05, 4.69) is 25.3 Å². The van der Waals surface area contributed by atoms with Crippen molar-refractivity contribution >= 4 is 34.5 Å². The fourth-order valence-electron chi connectivity index (χ4n) is 3.51. The molecular formula is C24H20F3N5O4. The van der Waals surface area contributed by atoms with E-state index < -0.39 is 36.1 Å². The average molecular weight is 499 g/mol. The van der Waals surface area contributed by atoms with Crippen LogP contribution in [0.5, 0.6) is 5.75 Å². The summed E-state index contributed by atoms with van der Waals surface area (Å²) >= 11 is 0. The van der Waals surface area contributed by atoms with Gasteiger partial charge < -0.3 is 31.2 Å². The number of nitrogen functional groups attached to an aromatic ring is 1. The minimum absolute atomic E-state index is 0.000323. The molecule has 0 aliphatic rings. The zero-order chi connectivity index (χ0) is 25.9. The van der Waals surface area contributed by atoms with E-state index in [9.17, 15) is 27.9 Å². The smallest absolute Gasteiger partial charge is 0.406 e. The molecule has 9 nitrogen and oxygen atoms in total. The average Bonchev–Trinajstić information content (AvgIpc) is 3.21. The molecule has 1 aromatic heterocycles. The molecule has 4 rings (SSSR count). The molecule has 36 heavy (non-hydrogen) atoms. The standard InChI is InChI=1S/C24H20F3N5O4/c25-24(26,27)36-16-9-6-14(7-10-16)21(34)32-19(13-4-2-1-3-5-13)20(33)22(35)29-15-8-11-17-18(12-15)31-23(28)30-17/h1-12,19-20,33H,(H,29,35)(H,32,34)(H3,28,30,31). The second-order valence-corrected chi connectivity index (χ2v) is 7.72. The predicted molar refractivity (Wildman–Crippen MR) is 125 cm³/mol. The molecule has 0 bridgehead atoms. The summed E-state index contributed by atoms with van der Waals surface area (Å²) in [4.78, 5) is 32.6. The summed E-state index contributed by atoms with van der Waals surface area (Å²) in [6, 6.07) is 16.1. The Morgan fingerprint density at radius 3 is 2.39 bits per heavy atom. The van der Waals surface area contributed by atoms with Crippen LogP contribution in [0.4, 0.5) is 24.8 Å². The fraction of sp³-hybridized carbons (Fsp3) is 0.125. The number of carbonyl (C=O) groups is 2. The summed E-state index contributed by atoms with van der Waals surface area (Å²) in [7, 11) is 0. The highest BCUT2D eigenvalue weighted by Crippen LogP contribution is 2.24. The van der Waals surface area contributed by atoms with Crippen LogP contribution in [0, 0.1) is 0 Å². The number of halogens is 3. The Morgan fingerprint density at radius 1 is 1.03 bits per heavy atom. The van der Waals surface area contributed by atoms with Crippen LogP contribution in [-0.2, 0) is 4.79 Å². The lowest BCUT2D eigenvalue weighted by Crippen LogP contribution is -2.42. The third kappa shape index (κ3) is 5.91. The minimum Gasteiger partial charge on any atom is -0.406 e. The maximum absolute atomic E-state index is 12.9. The van der Waals surface area contributed by atoms with Crippen molar-refractivity contribution < 1.29 is 32.6 Å². The summed E-state index contributed by atoms with van der Waals surface area (Å²) in [5.74, 6) is -1.80. The number of nitrogens with zero attached hydrogens (tertiary/aromatic N) is 1. The summed E-state index contributed by atoms with van der Waals surface area (Å²) in [5.41, 5.74) is 7.59. The Labute approximate surface area is 202 Å². The molecule has 0 aliphatic carbocycles. The first-order chi connectivity index (χ1) is 17.1. The molecule has 0 radical (unpaired) electrons. The van der Waals surface area contributed by atoms with Crippen molar-refractivity contribution in [3.63, 3.8) is 0 Å². The Kier molecular flexibility index (Phi) is 6.79. The highest BCUT2D eigenvalue weighted by molar-refractivity contribution is 5.98. The van der Waals surface area contributed by atoms with Crippen LogP contribution >= 0.6 is 0 Å². The van der Waals surface area contributed by atoms with E-state index in [1.54, 1.807) is 48.5 Å². The number of H-pyrrole nitrogens is 1. The number of rotatable bonds is 7. The van der Waals surface area contributed by atoms with Crippen molar-refractivity contribution in [2.24, 2.45) is 0 Å². The zero-order valence-electron chi connectivity index (χ0n) is 18.4. The number of aromatic nitrogens is 2. The van der Waals surface area contributed by atoms with Crippen LogP contribution in [0.25, 0.3) is 11.0 Å². The van der Waals surface area contributed by atoms with Crippen LogP contribution < -0.4 is 21.1 Å². The number of ether oxygens (including phenoxy) is 1. The lowest BCUT2D eigenvalue weighted by molar-refractivity contribution is -0.274. The summed E-state index contributed by atoms with van der Waals surface area (Å²) in [6.45, 7) is 0. The molecule has 0 aliphatic heterocycles. The van der Waals surface area contributed by atoms with Gasteiger partial charge in [0.1, 0.15) is 5.75 Å². The van der Waals surface area contributed by atoms with E-state index in [4.69, 9.17) is 5.73 Å². The summed E-state index contributed by atoms with van der Waals surface area (Å²) < 4.78 is 40.9. The number of hydrogen-bond acceptors (Lipinski definition) is 6. The normalized spacial score (nSPS) is 13.1. The van der Waals surface area contributed by atoms with E-state index >= 15 is 0 Å². The van der Waals surface area contributed by atoms with E-state index in [-0.39, 0.29) is 11.5 Å². The predicted octanol–water partition coefficient (Wildman–Crippen LogP) is 3.51. The highest BCUT2D eigenvalue weighted by Gasteiger charge is 2.32. The second-order valence-electron chi connectivity index (χ2n) is 7.72. The van der Waals surface area contributed by atoms with Gasteiger partial charge in [-0.2, -0.15) is 0 Å². The number of imidazole rings is 1. The van der Waals surface area contributed by atoms with Crippen LogP contribution in [-0.4, -0.2) is 39.4 Å². The molecule has 6 N–H and O–H groups in total. The third-order valence-electron chi connectivity index (χ3n) is 5.15. The van der Waals surface area contributed by atoms with Crippen LogP contribution in [0.2, 0.25) is 0 Å². The van der Waals surface area contributed by atoms with E-state index in [0.717, 1.165) is 24.3 Å². The molecule has 2 amide bonds. The third-order valence-corrected chi connectivity index (χ3v) is 5.15. The SMILES string of the molecule is Nc1nc2ccc(NC(=O)C(O)C(NC(=O)c3ccc(OC(F)(F)F)cc3)c3ccccc3)cc2[nH]1. The number of anilines is 2. The molecule has 3 aromatic carbocycles. The van der Waals surface area contributed by atoms with Gasteiger partial charge in [-0.25, -0.2) is 4.98 Å². The van der Waals surface area contributed by atoms with Gasteiger partial charge in [-0.1, -0.05) is 30.3 Å². The van der Waals surface area contributed by atoms with Crippen molar-refractivity contribution in [3.8, 4) is 5.75 Å². The minimum atomic E-state index is -4.87. The maximum atomic E-state index is 12.9. The molecule has 2 atom stereocenters. The van der Waals surface area contributed by atoms with Gasteiger partial charge in [0.15, 0.2) is 12.1 Å². The van der Waals surface area contributed by atoms with Gasteiger partial charge >= 0.3 is 6.36 Å². The van der Waals surface area contributed by atoms with Crippen molar-refractivity contribution in [2.75, 3.05) is 11.1 Å². The van der Waals surface area contributed by atoms with Gasteiger partial charge in [-0.05, 0) is 48.0 Å². The molecule has 0 saturated heterocycles. The monoisotopic (exact) mass is 499 g/mol. The number of alkyl halides is 3.